The van der Waals surface area contributed by atoms with Crippen LogP contribution in [-0.2, 0) is 11.3 Å². The summed E-state index contributed by atoms with van der Waals surface area (Å²) >= 11 is 4.37. The molecule has 8 heteroatoms. The van der Waals surface area contributed by atoms with Gasteiger partial charge >= 0.3 is 4.87 Å². The van der Waals surface area contributed by atoms with Crippen molar-refractivity contribution in [3.8, 4) is 5.88 Å². The van der Waals surface area contributed by atoms with Gasteiger partial charge in [-0.2, -0.15) is 0 Å². The molecule has 1 fully saturated rings. The first-order valence-corrected chi connectivity index (χ1v) is 9.90. The van der Waals surface area contributed by atoms with Gasteiger partial charge in [-0.1, -0.05) is 27.3 Å². The molecule has 6 nitrogen and oxygen atoms in total. The number of aliphatic imine (C=N–C) groups is 1. The van der Waals surface area contributed by atoms with E-state index in [-0.39, 0.29) is 23.2 Å². The Morgan fingerprint density at radius 1 is 1.35 bits per heavy atom. The van der Waals surface area contributed by atoms with E-state index in [1.165, 1.54) is 0 Å². The quantitative estimate of drug-likeness (QED) is 0.806. The number of amides is 1. The monoisotopic (exact) mass is 433 g/mol. The molecule has 0 atom stereocenters. The Hall–Kier alpha value is -2.19. The van der Waals surface area contributed by atoms with Crippen molar-refractivity contribution in [2.75, 3.05) is 13.1 Å². The van der Waals surface area contributed by atoms with Crippen molar-refractivity contribution in [1.29, 1.82) is 0 Å². The first-order valence-electron chi connectivity index (χ1n) is 8.29. The normalized spacial score (nSPS) is 17.3. The summed E-state index contributed by atoms with van der Waals surface area (Å²) in [7, 11) is 0. The molecule has 0 saturated carbocycles. The second-order valence-corrected chi connectivity index (χ2v) is 8.16. The smallest absolute Gasteiger partial charge is 0.311 e. The highest BCUT2D eigenvalue weighted by Crippen LogP contribution is 2.36. The summed E-state index contributed by atoms with van der Waals surface area (Å²) in [6.07, 6.45) is 5.42. The molecule has 1 N–H and O–H groups in total. The molecule has 0 spiro atoms. The van der Waals surface area contributed by atoms with E-state index in [0.29, 0.717) is 4.88 Å². The molecule has 1 amide bonds. The zero-order valence-electron chi connectivity index (χ0n) is 13.8. The fourth-order valence-electron chi connectivity index (χ4n) is 3.17. The molecule has 1 aromatic heterocycles. The molecule has 0 aliphatic carbocycles. The molecule has 4 rings (SSSR count). The van der Waals surface area contributed by atoms with Gasteiger partial charge in [0.2, 0.25) is 11.8 Å². The van der Waals surface area contributed by atoms with Crippen LogP contribution >= 0.6 is 27.3 Å². The minimum absolute atomic E-state index is 0.124. The number of carbonyl (C=O) groups is 1. The molecule has 2 aromatic rings. The highest BCUT2D eigenvalue weighted by molar-refractivity contribution is 9.10. The van der Waals surface area contributed by atoms with E-state index in [0.717, 1.165) is 63.1 Å². The highest BCUT2D eigenvalue weighted by Gasteiger charge is 2.22. The van der Waals surface area contributed by atoms with Gasteiger partial charge in [0.15, 0.2) is 0 Å². The van der Waals surface area contributed by atoms with E-state index in [9.17, 15) is 14.7 Å². The number of rotatable bonds is 3. The largest absolute Gasteiger partial charge is 0.493 e. The van der Waals surface area contributed by atoms with Crippen LogP contribution in [0.3, 0.4) is 0 Å². The summed E-state index contributed by atoms with van der Waals surface area (Å²) in [5, 5.41) is 10.5. The van der Waals surface area contributed by atoms with Gasteiger partial charge in [0.1, 0.15) is 6.54 Å². The second-order valence-electron chi connectivity index (χ2n) is 6.25. The zero-order chi connectivity index (χ0) is 18.3. The van der Waals surface area contributed by atoms with Crippen molar-refractivity contribution in [1.82, 2.24) is 9.47 Å². The molecule has 1 aromatic carbocycles. The van der Waals surface area contributed by atoms with Crippen molar-refractivity contribution >= 4 is 56.7 Å². The van der Waals surface area contributed by atoms with Gasteiger partial charge in [0, 0.05) is 34.9 Å². The predicted molar refractivity (Wildman–Crippen MR) is 106 cm³/mol. The number of aromatic nitrogens is 1. The van der Waals surface area contributed by atoms with Crippen LogP contribution in [0, 0.1) is 0 Å². The first kappa shape index (κ1) is 17.2. The minimum atomic E-state index is -0.341. The number of thiazole rings is 1. The topological polar surface area (TPSA) is 74.9 Å². The molecule has 0 radical (unpaired) electrons. The summed E-state index contributed by atoms with van der Waals surface area (Å²) in [6.45, 7) is 1.32. The lowest BCUT2D eigenvalue weighted by Gasteiger charge is -2.15. The molecule has 2 aliphatic heterocycles. The molecule has 0 unspecified atom stereocenters. The molecular formula is C18H16BrN3O3S. The third kappa shape index (κ3) is 3.14. The second kappa shape index (κ2) is 6.85. The standard InChI is InChI=1S/C18H16BrN3O3S/c19-12-3-4-14-13(8-12)11(9-20-14)7-15-17(24)22(18(25)26-15)10-16(23)21-5-1-2-6-21/h3-4,7-9,24H,1-2,5-6,10H2/b11-7-. The average molecular weight is 434 g/mol. The predicted octanol–water partition coefficient (Wildman–Crippen LogP) is 3.26. The number of benzene rings is 1. The average Bonchev–Trinajstić information content (AvgIpc) is 3.33. The summed E-state index contributed by atoms with van der Waals surface area (Å²) in [5.74, 6) is -0.300. The Morgan fingerprint density at radius 3 is 2.88 bits per heavy atom. The Bertz CT molecular complexity index is 1000. The molecule has 1 saturated heterocycles. The van der Waals surface area contributed by atoms with E-state index in [2.05, 4.69) is 20.9 Å². The molecular weight excluding hydrogens is 418 g/mol. The third-order valence-corrected chi connectivity index (χ3v) is 5.95. The lowest BCUT2D eigenvalue weighted by atomic mass is 10.1. The number of allylic oxidation sites excluding steroid dienone is 1. The number of hydrogen-bond acceptors (Lipinski definition) is 5. The van der Waals surface area contributed by atoms with Crippen LogP contribution < -0.4 is 4.87 Å². The summed E-state index contributed by atoms with van der Waals surface area (Å²) in [4.78, 5) is 30.7. The molecule has 26 heavy (non-hydrogen) atoms. The Balaban J connectivity index is 1.64. The fraction of sp³-hybridized carbons (Fsp3) is 0.278. The van der Waals surface area contributed by atoms with Crippen LogP contribution in [0.1, 0.15) is 23.3 Å². The Morgan fingerprint density at radius 2 is 2.12 bits per heavy atom. The summed E-state index contributed by atoms with van der Waals surface area (Å²) < 4.78 is 2.07. The first-order chi connectivity index (χ1) is 12.5. The van der Waals surface area contributed by atoms with Crippen molar-refractivity contribution in [2.45, 2.75) is 19.4 Å². The van der Waals surface area contributed by atoms with Crippen LogP contribution in [0.25, 0.3) is 11.6 Å². The van der Waals surface area contributed by atoms with Crippen molar-refractivity contribution in [3.05, 3.63) is 42.8 Å². The Labute approximate surface area is 162 Å². The number of hydrogen-bond donors (Lipinski definition) is 1. The SMILES string of the molecule is O=C(Cn1c(O)c(/C=C2/C=Nc3ccc(Br)cc32)sc1=O)N1CCCC1. The van der Waals surface area contributed by atoms with Crippen LogP contribution in [0.5, 0.6) is 5.88 Å². The van der Waals surface area contributed by atoms with Gasteiger partial charge < -0.3 is 10.0 Å². The van der Waals surface area contributed by atoms with Gasteiger partial charge in [0.25, 0.3) is 0 Å². The number of nitrogens with zero attached hydrogens (tertiary/aromatic N) is 3. The van der Waals surface area contributed by atoms with Gasteiger partial charge in [-0.3, -0.25) is 19.1 Å². The maximum atomic E-state index is 12.3. The van der Waals surface area contributed by atoms with Crippen LogP contribution in [-0.4, -0.2) is 39.8 Å². The fourth-order valence-corrected chi connectivity index (χ4v) is 4.36. The van der Waals surface area contributed by atoms with Gasteiger partial charge in [-0.25, -0.2) is 0 Å². The lowest BCUT2D eigenvalue weighted by Crippen LogP contribution is -2.33. The lowest BCUT2D eigenvalue weighted by molar-refractivity contribution is -0.130. The van der Waals surface area contributed by atoms with Crippen molar-refractivity contribution < 1.29 is 9.90 Å². The summed E-state index contributed by atoms with van der Waals surface area (Å²) in [6, 6.07) is 5.76. The summed E-state index contributed by atoms with van der Waals surface area (Å²) in [5.41, 5.74) is 2.59. The van der Waals surface area contributed by atoms with Crippen LogP contribution in [0.4, 0.5) is 5.69 Å². The van der Waals surface area contributed by atoms with Gasteiger partial charge in [-0.15, -0.1) is 0 Å². The number of fused-ring (bicyclic) bond motifs is 1. The van der Waals surface area contributed by atoms with E-state index < -0.39 is 0 Å². The number of likely N-dealkylation sites (tertiary alicyclic amines) is 1. The third-order valence-electron chi connectivity index (χ3n) is 4.54. The van der Waals surface area contributed by atoms with Crippen LogP contribution in [0.2, 0.25) is 0 Å². The maximum Gasteiger partial charge on any atom is 0.311 e. The van der Waals surface area contributed by atoms with E-state index >= 15 is 0 Å². The maximum absolute atomic E-state index is 12.3. The minimum Gasteiger partial charge on any atom is -0.493 e. The van der Waals surface area contributed by atoms with E-state index in [1.54, 1.807) is 17.2 Å². The molecule has 134 valence electrons. The molecule has 0 bridgehead atoms. The number of halogens is 1. The van der Waals surface area contributed by atoms with Crippen LogP contribution in [0.15, 0.2) is 32.5 Å². The van der Waals surface area contributed by atoms with Gasteiger partial charge in [0.05, 0.1) is 10.6 Å². The molecule has 3 heterocycles. The number of carbonyl (C=O) groups excluding carboxylic acids is 1. The van der Waals surface area contributed by atoms with E-state index in [4.69, 9.17) is 0 Å². The zero-order valence-corrected chi connectivity index (χ0v) is 16.2. The highest BCUT2D eigenvalue weighted by atomic mass is 79.9. The molecule has 2 aliphatic rings. The van der Waals surface area contributed by atoms with Crippen molar-refractivity contribution in [3.63, 3.8) is 0 Å². The van der Waals surface area contributed by atoms with Gasteiger partial charge in [-0.05, 0) is 37.1 Å². The number of aromatic hydroxyl groups is 1. The van der Waals surface area contributed by atoms with E-state index in [1.807, 2.05) is 18.2 Å². The Kier molecular flexibility index (Phi) is 4.54. The van der Waals surface area contributed by atoms with Crippen molar-refractivity contribution in [2.24, 2.45) is 4.99 Å².